The Morgan fingerprint density at radius 3 is 2.71 bits per heavy atom. The van der Waals surface area contributed by atoms with Gasteiger partial charge >= 0.3 is 5.97 Å². The van der Waals surface area contributed by atoms with E-state index in [1.807, 2.05) is 32.2 Å². The molecule has 1 aromatic carbocycles. The molecule has 0 spiro atoms. The molecule has 4 nitrogen and oxygen atoms in total. The summed E-state index contributed by atoms with van der Waals surface area (Å²) in [5, 5.41) is 12.7. The van der Waals surface area contributed by atoms with Gasteiger partial charge in [-0.05, 0) is 50.0 Å². The van der Waals surface area contributed by atoms with Crippen LogP contribution < -0.4 is 10.1 Å². The van der Waals surface area contributed by atoms with Crippen molar-refractivity contribution < 1.29 is 14.6 Å². The molecule has 0 heterocycles. The van der Waals surface area contributed by atoms with Crippen molar-refractivity contribution in [3.05, 3.63) is 28.8 Å². The van der Waals surface area contributed by atoms with Gasteiger partial charge in [-0.15, -0.1) is 0 Å². The van der Waals surface area contributed by atoms with E-state index in [9.17, 15) is 4.79 Å². The number of thioether (sulfide) groups is 1. The van der Waals surface area contributed by atoms with Crippen molar-refractivity contribution >= 4 is 29.3 Å². The maximum atomic E-state index is 11.2. The number of carboxylic acids is 1. The highest BCUT2D eigenvalue weighted by Gasteiger charge is 2.16. The second-order valence-corrected chi connectivity index (χ2v) is 6.38. The highest BCUT2D eigenvalue weighted by molar-refractivity contribution is 7.98. The zero-order valence-electron chi connectivity index (χ0n) is 12.6. The summed E-state index contributed by atoms with van der Waals surface area (Å²) in [7, 11) is 0. The first-order valence-corrected chi connectivity index (χ1v) is 8.61. The van der Waals surface area contributed by atoms with Gasteiger partial charge in [0.1, 0.15) is 11.8 Å². The maximum Gasteiger partial charge on any atom is 0.320 e. The fraction of sp³-hybridized carbons (Fsp3) is 0.533. The lowest BCUT2D eigenvalue weighted by Crippen LogP contribution is -2.36. The minimum atomic E-state index is -0.824. The van der Waals surface area contributed by atoms with Crippen molar-refractivity contribution in [2.45, 2.75) is 39.0 Å². The van der Waals surface area contributed by atoms with Gasteiger partial charge in [-0.3, -0.25) is 4.79 Å². The number of aliphatic carboxylic acids is 1. The summed E-state index contributed by atoms with van der Waals surface area (Å²) in [5.74, 6) is 0.633. The lowest BCUT2D eigenvalue weighted by atomic mass is 10.1. The molecule has 0 aromatic heterocycles. The van der Waals surface area contributed by atoms with Crippen molar-refractivity contribution in [3.8, 4) is 5.75 Å². The summed E-state index contributed by atoms with van der Waals surface area (Å²) in [6.07, 6.45) is 2.62. The summed E-state index contributed by atoms with van der Waals surface area (Å²) in [6.45, 7) is 4.34. The van der Waals surface area contributed by atoms with Gasteiger partial charge in [-0.2, -0.15) is 11.8 Å². The van der Waals surface area contributed by atoms with Gasteiger partial charge in [0.05, 0.1) is 11.1 Å². The molecule has 0 saturated carbocycles. The summed E-state index contributed by atoms with van der Waals surface area (Å²) < 4.78 is 5.57. The van der Waals surface area contributed by atoms with Crippen molar-refractivity contribution in [2.24, 2.45) is 0 Å². The molecule has 0 radical (unpaired) electrons. The van der Waals surface area contributed by atoms with Gasteiger partial charge in [0.25, 0.3) is 0 Å². The maximum absolute atomic E-state index is 11.2. The fourth-order valence-corrected chi connectivity index (χ4v) is 2.51. The quantitative estimate of drug-likeness (QED) is 0.726. The smallest absolute Gasteiger partial charge is 0.320 e. The second-order valence-electron chi connectivity index (χ2n) is 4.98. The molecule has 0 aliphatic heterocycles. The zero-order chi connectivity index (χ0) is 15.8. The average Bonchev–Trinajstić information content (AvgIpc) is 2.41. The topological polar surface area (TPSA) is 58.6 Å². The molecule has 0 aliphatic rings. The Kier molecular flexibility index (Phi) is 7.93. The van der Waals surface area contributed by atoms with Gasteiger partial charge in [0.2, 0.25) is 0 Å². The number of nitrogens with one attached hydrogen (secondary N) is 1. The lowest BCUT2D eigenvalue weighted by molar-refractivity contribution is -0.139. The molecule has 118 valence electrons. The number of hydrogen-bond acceptors (Lipinski definition) is 4. The SMILES string of the molecule is CSCCC(NCc1ccc(OC(C)C)c(Cl)c1)C(=O)O. The third-order valence-electron chi connectivity index (χ3n) is 2.82. The van der Waals surface area contributed by atoms with Crippen LogP contribution >= 0.6 is 23.4 Å². The number of ether oxygens (including phenoxy) is 1. The normalized spacial score (nSPS) is 12.4. The van der Waals surface area contributed by atoms with Crippen LogP contribution in [0.25, 0.3) is 0 Å². The van der Waals surface area contributed by atoms with Crippen LogP contribution in [0.3, 0.4) is 0 Å². The standard InChI is InChI=1S/C15H22ClNO3S/c1-10(2)20-14-5-4-11(8-12(14)16)9-17-13(15(18)19)6-7-21-3/h4-5,8,10,13,17H,6-7,9H2,1-3H3,(H,18,19). The van der Waals surface area contributed by atoms with Crippen LogP contribution in [0.1, 0.15) is 25.8 Å². The molecule has 1 aromatic rings. The third-order valence-corrected chi connectivity index (χ3v) is 3.76. The van der Waals surface area contributed by atoms with Crippen molar-refractivity contribution in [2.75, 3.05) is 12.0 Å². The van der Waals surface area contributed by atoms with Crippen molar-refractivity contribution in [3.63, 3.8) is 0 Å². The molecule has 0 bridgehead atoms. The molecule has 0 amide bonds. The summed E-state index contributed by atoms with van der Waals surface area (Å²) in [6, 6.07) is 4.98. The number of benzene rings is 1. The van der Waals surface area contributed by atoms with Gasteiger partial charge in [-0.1, -0.05) is 17.7 Å². The molecule has 1 rings (SSSR count). The van der Waals surface area contributed by atoms with E-state index in [0.29, 0.717) is 23.7 Å². The van der Waals surface area contributed by atoms with Crippen molar-refractivity contribution in [1.29, 1.82) is 0 Å². The van der Waals surface area contributed by atoms with E-state index in [1.54, 1.807) is 17.8 Å². The number of rotatable bonds is 9. The summed E-state index contributed by atoms with van der Waals surface area (Å²) in [5.41, 5.74) is 0.937. The van der Waals surface area contributed by atoms with Crippen LogP contribution in [0.4, 0.5) is 0 Å². The largest absolute Gasteiger partial charge is 0.489 e. The Morgan fingerprint density at radius 1 is 1.48 bits per heavy atom. The van der Waals surface area contributed by atoms with Gasteiger partial charge in [-0.25, -0.2) is 0 Å². The minimum absolute atomic E-state index is 0.0643. The van der Waals surface area contributed by atoms with Crippen LogP contribution in [0.2, 0.25) is 5.02 Å². The van der Waals surface area contributed by atoms with E-state index in [4.69, 9.17) is 21.4 Å². The average molecular weight is 332 g/mol. The van der Waals surface area contributed by atoms with Crippen molar-refractivity contribution in [1.82, 2.24) is 5.32 Å². The molecular weight excluding hydrogens is 310 g/mol. The molecule has 0 aliphatic carbocycles. The predicted octanol–water partition coefficient (Wildman–Crippen LogP) is 3.42. The predicted molar refractivity (Wildman–Crippen MR) is 88.5 cm³/mol. The molecule has 0 fully saturated rings. The molecule has 2 N–H and O–H groups in total. The highest BCUT2D eigenvalue weighted by atomic mass is 35.5. The molecule has 21 heavy (non-hydrogen) atoms. The first-order chi connectivity index (χ1) is 9.93. The van der Waals surface area contributed by atoms with Crippen LogP contribution in [0.5, 0.6) is 5.75 Å². The number of hydrogen-bond donors (Lipinski definition) is 2. The van der Waals surface area contributed by atoms with Gasteiger partial charge < -0.3 is 15.2 Å². The minimum Gasteiger partial charge on any atom is -0.489 e. The van der Waals surface area contributed by atoms with E-state index < -0.39 is 12.0 Å². The Balaban J connectivity index is 2.62. The van der Waals surface area contributed by atoms with Crippen LogP contribution in [-0.4, -0.2) is 35.2 Å². The monoisotopic (exact) mass is 331 g/mol. The molecule has 1 unspecified atom stereocenters. The van der Waals surface area contributed by atoms with Crippen LogP contribution in [0.15, 0.2) is 18.2 Å². The Morgan fingerprint density at radius 2 is 2.19 bits per heavy atom. The number of halogens is 1. The van der Waals surface area contributed by atoms with E-state index >= 15 is 0 Å². The first-order valence-electron chi connectivity index (χ1n) is 6.84. The van der Waals surface area contributed by atoms with E-state index in [-0.39, 0.29) is 6.10 Å². The lowest BCUT2D eigenvalue weighted by Gasteiger charge is -2.15. The molecular formula is C15H22ClNO3S. The molecule has 6 heteroatoms. The van der Waals surface area contributed by atoms with Crippen LogP contribution in [0, 0.1) is 0 Å². The van der Waals surface area contributed by atoms with Gasteiger partial charge in [0, 0.05) is 6.54 Å². The Labute approximate surface area is 135 Å². The highest BCUT2D eigenvalue weighted by Crippen LogP contribution is 2.26. The number of carboxylic acid groups (broad SMARTS) is 1. The molecule has 0 saturated heterocycles. The second kappa shape index (κ2) is 9.18. The third kappa shape index (κ3) is 6.59. The summed E-state index contributed by atoms with van der Waals surface area (Å²) >= 11 is 7.80. The van der Waals surface area contributed by atoms with Gasteiger partial charge in [0.15, 0.2) is 0 Å². The summed E-state index contributed by atoms with van der Waals surface area (Å²) in [4.78, 5) is 11.2. The fourth-order valence-electron chi connectivity index (χ4n) is 1.79. The number of carbonyl (C=O) groups is 1. The van der Waals surface area contributed by atoms with E-state index in [0.717, 1.165) is 11.3 Å². The zero-order valence-corrected chi connectivity index (χ0v) is 14.1. The molecule has 1 atom stereocenters. The van der Waals surface area contributed by atoms with Crippen LogP contribution in [-0.2, 0) is 11.3 Å². The van der Waals surface area contributed by atoms with E-state index in [2.05, 4.69) is 5.32 Å². The first kappa shape index (κ1) is 18.1. The Bertz CT molecular complexity index is 468. The Hall–Kier alpha value is -0.910. The van der Waals surface area contributed by atoms with E-state index in [1.165, 1.54) is 0 Å².